The summed E-state index contributed by atoms with van der Waals surface area (Å²) in [7, 11) is 0. The van der Waals surface area contributed by atoms with Crippen LogP contribution in [0.25, 0.3) is 11.3 Å². The van der Waals surface area contributed by atoms with Gasteiger partial charge in [0.2, 0.25) is 5.95 Å². The van der Waals surface area contributed by atoms with Crippen molar-refractivity contribution in [3.05, 3.63) is 35.5 Å². The molecule has 150 valence electrons. The average molecular weight is 384 g/mol. The highest BCUT2D eigenvalue weighted by atomic mass is 16.5. The number of piperidine rings is 1. The van der Waals surface area contributed by atoms with E-state index in [-0.39, 0.29) is 30.1 Å². The zero-order valence-corrected chi connectivity index (χ0v) is 16.5. The first-order valence-electron chi connectivity index (χ1n) is 9.84. The summed E-state index contributed by atoms with van der Waals surface area (Å²) in [5.41, 5.74) is 9.23. The normalized spacial score (nSPS) is 17.4. The number of hydrogen-bond donors (Lipinski definition) is 2. The summed E-state index contributed by atoms with van der Waals surface area (Å²) in [6.45, 7) is 6.14. The highest BCUT2D eigenvalue weighted by molar-refractivity contribution is 5.71. The number of aromatic nitrogens is 2. The van der Waals surface area contributed by atoms with Crippen LogP contribution in [0.15, 0.2) is 24.3 Å². The van der Waals surface area contributed by atoms with Crippen LogP contribution in [0, 0.1) is 0 Å². The molecule has 2 heterocycles. The summed E-state index contributed by atoms with van der Waals surface area (Å²) in [4.78, 5) is 22.7. The largest absolute Gasteiger partial charge is 0.507 e. The van der Waals surface area contributed by atoms with E-state index in [1.54, 1.807) is 6.07 Å². The Labute approximate surface area is 165 Å². The second kappa shape index (κ2) is 9.01. The smallest absolute Gasteiger partial charge is 0.320 e. The molecule has 1 atom stereocenters. The van der Waals surface area contributed by atoms with Crippen LogP contribution < -0.4 is 5.73 Å². The number of esters is 1. The minimum Gasteiger partial charge on any atom is -0.507 e. The van der Waals surface area contributed by atoms with E-state index in [9.17, 15) is 9.90 Å². The summed E-state index contributed by atoms with van der Waals surface area (Å²) in [5, 5.41) is 10.3. The van der Waals surface area contributed by atoms with Gasteiger partial charge in [-0.25, -0.2) is 9.97 Å². The van der Waals surface area contributed by atoms with E-state index < -0.39 is 0 Å². The fourth-order valence-corrected chi connectivity index (χ4v) is 3.67. The molecule has 0 radical (unpaired) electrons. The van der Waals surface area contributed by atoms with E-state index >= 15 is 0 Å². The van der Waals surface area contributed by atoms with Gasteiger partial charge < -0.3 is 15.6 Å². The molecular formula is C21H28N4O3. The molecule has 1 saturated heterocycles. The van der Waals surface area contributed by atoms with E-state index in [1.165, 1.54) is 0 Å². The second-order valence-corrected chi connectivity index (χ2v) is 7.12. The molecule has 1 aromatic heterocycles. The molecule has 1 unspecified atom stereocenters. The standard InChI is InChI=1S/C21H28N4O3/c1-3-14-7-8-19(26)16(10-14)18-11-17(23-21(22)24-18)15-6-5-9-25(12-15)13-20(27)28-4-2/h7-8,10-11,15,26H,3-6,9,12-13H2,1-2H3,(H2,22,23,24). The summed E-state index contributed by atoms with van der Waals surface area (Å²) < 4.78 is 5.06. The van der Waals surface area contributed by atoms with Crippen molar-refractivity contribution in [2.24, 2.45) is 0 Å². The number of anilines is 1. The quantitative estimate of drug-likeness (QED) is 0.738. The fourth-order valence-electron chi connectivity index (χ4n) is 3.67. The number of nitrogens with two attached hydrogens (primary N) is 1. The van der Waals surface area contributed by atoms with Crippen molar-refractivity contribution >= 4 is 11.9 Å². The molecule has 1 aromatic carbocycles. The monoisotopic (exact) mass is 384 g/mol. The van der Waals surface area contributed by atoms with Gasteiger partial charge in [-0.05, 0) is 56.5 Å². The number of phenols is 1. The summed E-state index contributed by atoms with van der Waals surface area (Å²) in [6, 6.07) is 7.44. The first-order valence-corrected chi connectivity index (χ1v) is 9.84. The van der Waals surface area contributed by atoms with Gasteiger partial charge in [0, 0.05) is 18.0 Å². The lowest BCUT2D eigenvalue weighted by molar-refractivity contribution is -0.144. The van der Waals surface area contributed by atoms with Gasteiger partial charge in [0.05, 0.1) is 24.5 Å². The Morgan fingerprint density at radius 3 is 2.89 bits per heavy atom. The lowest BCUT2D eigenvalue weighted by Crippen LogP contribution is -2.38. The van der Waals surface area contributed by atoms with Crippen LogP contribution >= 0.6 is 0 Å². The molecule has 0 bridgehead atoms. The summed E-state index contributed by atoms with van der Waals surface area (Å²) in [5.74, 6) is 0.321. The summed E-state index contributed by atoms with van der Waals surface area (Å²) >= 11 is 0. The number of carbonyl (C=O) groups is 1. The molecule has 1 fully saturated rings. The Bertz CT molecular complexity index is 840. The lowest BCUT2D eigenvalue weighted by atomic mass is 9.93. The minimum absolute atomic E-state index is 0.156. The average Bonchev–Trinajstić information content (AvgIpc) is 2.68. The Morgan fingerprint density at radius 2 is 2.14 bits per heavy atom. The van der Waals surface area contributed by atoms with Gasteiger partial charge in [-0.15, -0.1) is 0 Å². The van der Waals surface area contributed by atoms with E-state index in [0.29, 0.717) is 17.9 Å². The third-order valence-electron chi connectivity index (χ3n) is 5.09. The maximum atomic E-state index is 11.8. The van der Waals surface area contributed by atoms with Gasteiger partial charge in [-0.1, -0.05) is 13.0 Å². The molecule has 1 aliphatic heterocycles. The predicted molar refractivity (Wildman–Crippen MR) is 108 cm³/mol. The molecule has 7 nitrogen and oxygen atoms in total. The molecule has 28 heavy (non-hydrogen) atoms. The van der Waals surface area contributed by atoms with E-state index in [2.05, 4.69) is 21.8 Å². The molecule has 2 aromatic rings. The van der Waals surface area contributed by atoms with Gasteiger partial charge in [0.15, 0.2) is 0 Å². The van der Waals surface area contributed by atoms with Gasteiger partial charge >= 0.3 is 5.97 Å². The van der Waals surface area contributed by atoms with Crippen LogP contribution in [-0.2, 0) is 16.0 Å². The number of aromatic hydroxyl groups is 1. The Hall–Kier alpha value is -2.67. The number of rotatable bonds is 6. The number of carbonyl (C=O) groups excluding carboxylic acids is 1. The number of hydrogen-bond acceptors (Lipinski definition) is 7. The molecule has 0 saturated carbocycles. The number of benzene rings is 1. The van der Waals surface area contributed by atoms with Gasteiger partial charge in [0.25, 0.3) is 0 Å². The first kappa shape index (κ1) is 20.1. The highest BCUT2D eigenvalue weighted by Gasteiger charge is 2.25. The van der Waals surface area contributed by atoms with Crippen molar-refractivity contribution in [1.82, 2.24) is 14.9 Å². The maximum Gasteiger partial charge on any atom is 0.320 e. The predicted octanol–water partition coefficient (Wildman–Crippen LogP) is 2.74. The molecule has 0 aliphatic carbocycles. The van der Waals surface area contributed by atoms with E-state index in [4.69, 9.17) is 10.5 Å². The highest BCUT2D eigenvalue weighted by Crippen LogP contribution is 2.33. The van der Waals surface area contributed by atoms with Gasteiger partial charge in [-0.3, -0.25) is 9.69 Å². The van der Waals surface area contributed by atoms with Crippen molar-refractivity contribution in [2.75, 3.05) is 32.0 Å². The number of likely N-dealkylation sites (tertiary alicyclic amines) is 1. The molecule has 3 N–H and O–H groups in total. The molecule has 1 aliphatic rings. The van der Waals surface area contributed by atoms with Crippen molar-refractivity contribution in [3.8, 4) is 17.0 Å². The molecule has 7 heteroatoms. The first-order chi connectivity index (χ1) is 13.5. The van der Waals surface area contributed by atoms with E-state index in [1.807, 2.05) is 25.1 Å². The van der Waals surface area contributed by atoms with Crippen molar-refractivity contribution in [3.63, 3.8) is 0 Å². The second-order valence-electron chi connectivity index (χ2n) is 7.12. The number of aryl methyl sites for hydroxylation is 1. The fraction of sp³-hybridized carbons (Fsp3) is 0.476. The van der Waals surface area contributed by atoms with Crippen molar-refractivity contribution < 1.29 is 14.6 Å². The van der Waals surface area contributed by atoms with Gasteiger partial charge in [-0.2, -0.15) is 0 Å². The maximum absolute atomic E-state index is 11.8. The van der Waals surface area contributed by atoms with Crippen LogP contribution in [0.5, 0.6) is 5.75 Å². The minimum atomic E-state index is -0.202. The number of nitrogens with zero attached hydrogens (tertiary/aromatic N) is 3. The third kappa shape index (κ3) is 4.78. The Kier molecular flexibility index (Phi) is 6.46. The zero-order chi connectivity index (χ0) is 20.1. The number of nitrogen functional groups attached to an aromatic ring is 1. The Morgan fingerprint density at radius 1 is 1.32 bits per heavy atom. The van der Waals surface area contributed by atoms with Crippen molar-refractivity contribution in [1.29, 1.82) is 0 Å². The molecule has 0 amide bonds. The third-order valence-corrected chi connectivity index (χ3v) is 5.09. The van der Waals surface area contributed by atoms with Crippen LogP contribution in [0.2, 0.25) is 0 Å². The lowest BCUT2D eigenvalue weighted by Gasteiger charge is -2.31. The number of ether oxygens (including phenoxy) is 1. The zero-order valence-electron chi connectivity index (χ0n) is 16.5. The molecular weight excluding hydrogens is 356 g/mol. The topological polar surface area (TPSA) is 102 Å². The molecule has 3 rings (SSSR count). The van der Waals surface area contributed by atoms with Crippen LogP contribution in [0.1, 0.15) is 43.9 Å². The summed E-state index contributed by atoms with van der Waals surface area (Å²) in [6.07, 6.45) is 2.81. The van der Waals surface area contributed by atoms with Crippen LogP contribution in [0.3, 0.4) is 0 Å². The van der Waals surface area contributed by atoms with Crippen molar-refractivity contribution in [2.45, 2.75) is 39.0 Å². The number of phenolic OH excluding ortho intramolecular Hbond substituents is 1. The Balaban J connectivity index is 1.84. The molecule has 0 spiro atoms. The van der Waals surface area contributed by atoms with Crippen LogP contribution in [0.4, 0.5) is 5.95 Å². The SMILES string of the molecule is CCOC(=O)CN1CCCC(c2cc(-c3cc(CC)ccc3O)nc(N)n2)C1. The van der Waals surface area contributed by atoms with Crippen LogP contribution in [-0.4, -0.2) is 52.2 Å². The van der Waals surface area contributed by atoms with Gasteiger partial charge in [0.1, 0.15) is 5.75 Å². The van der Waals surface area contributed by atoms with E-state index in [0.717, 1.165) is 43.6 Å².